The van der Waals surface area contributed by atoms with Crippen LogP contribution in [0.1, 0.15) is 0 Å². The van der Waals surface area contributed by atoms with Crippen molar-refractivity contribution in [3.63, 3.8) is 0 Å². The molecule has 13 heavy (non-hydrogen) atoms. The SMILES string of the molecule is Brc1nnn2c1ncc1sccc12. The molecule has 3 aromatic rings. The summed E-state index contributed by atoms with van der Waals surface area (Å²) in [7, 11) is 0. The molecule has 3 rings (SSSR count). The Bertz CT molecular complexity index is 584. The zero-order valence-corrected chi connectivity index (χ0v) is 8.71. The van der Waals surface area contributed by atoms with Crippen LogP contribution in [0.15, 0.2) is 22.2 Å². The first-order valence-electron chi connectivity index (χ1n) is 3.59. The van der Waals surface area contributed by atoms with Gasteiger partial charge in [-0.25, -0.2) is 4.98 Å². The molecule has 0 aliphatic rings. The first kappa shape index (κ1) is 7.40. The second-order valence-electron chi connectivity index (χ2n) is 2.54. The maximum atomic E-state index is 4.24. The number of fused-ring (bicyclic) bond motifs is 3. The lowest BCUT2D eigenvalue weighted by Gasteiger charge is -1.92. The molecule has 0 aliphatic heterocycles. The predicted molar refractivity (Wildman–Crippen MR) is 53.9 cm³/mol. The van der Waals surface area contributed by atoms with Crippen LogP contribution in [0.25, 0.3) is 15.9 Å². The van der Waals surface area contributed by atoms with Crippen LogP contribution in [0, 0.1) is 0 Å². The number of rotatable bonds is 0. The summed E-state index contributed by atoms with van der Waals surface area (Å²) in [6.07, 6.45) is 1.84. The molecule has 0 spiro atoms. The van der Waals surface area contributed by atoms with E-state index in [1.807, 2.05) is 17.6 Å². The van der Waals surface area contributed by atoms with Crippen LogP contribution < -0.4 is 0 Å². The average molecular weight is 255 g/mol. The molecule has 0 fully saturated rings. The maximum Gasteiger partial charge on any atom is 0.190 e. The summed E-state index contributed by atoms with van der Waals surface area (Å²) in [5, 5.41) is 9.90. The Morgan fingerprint density at radius 2 is 2.38 bits per heavy atom. The molecule has 0 N–H and O–H groups in total. The second kappa shape index (κ2) is 2.49. The van der Waals surface area contributed by atoms with E-state index in [1.165, 1.54) is 0 Å². The molecule has 0 amide bonds. The van der Waals surface area contributed by atoms with Crippen molar-refractivity contribution in [3.05, 3.63) is 22.2 Å². The van der Waals surface area contributed by atoms with Gasteiger partial charge < -0.3 is 0 Å². The fourth-order valence-electron chi connectivity index (χ4n) is 1.23. The van der Waals surface area contributed by atoms with E-state index in [0.29, 0.717) is 4.60 Å². The molecule has 64 valence electrons. The van der Waals surface area contributed by atoms with Gasteiger partial charge in [0.2, 0.25) is 0 Å². The molecule has 3 aromatic heterocycles. The number of hydrogen-bond donors (Lipinski definition) is 0. The highest BCUT2D eigenvalue weighted by Crippen LogP contribution is 2.22. The van der Waals surface area contributed by atoms with Crippen LogP contribution >= 0.6 is 27.3 Å². The maximum absolute atomic E-state index is 4.24. The summed E-state index contributed by atoms with van der Waals surface area (Å²) in [4.78, 5) is 4.24. The van der Waals surface area contributed by atoms with Crippen LogP contribution in [-0.2, 0) is 0 Å². The standard InChI is InChI=1S/C7H3BrN4S/c8-6-7-9-3-5-4(1-2-13-5)12(7)11-10-6/h1-3H. The number of aromatic nitrogens is 4. The summed E-state index contributed by atoms with van der Waals surface area (Å²) in [5.74, 6) is 0. The lowest BCUT2D eigenvalue weighted by molar-refractivity contribution is 0.873. The molecule has 0 bridgehead atoms. The molecule has 6 heteroatoms. The summed E-state index contributed by atoms with van der Waals surface area (Å²) < 4.78 is 3.53. The monoisotopic (exact) mass is 254 g/mol. The van der Waals surface area contributed by atoms with E-state index < -0.39 is 0 Å². The Morgan fingerprint density at radius 1 is 1.46 bits per heavy atom. The van der Waals surface area contributed by atoms with Crippen molar-refractivity contribution in [1.82, 2.24) is 19.8 Å². The predicted octanol–water partition coefficient (Wildman–Crippen LogP) is 2.10. The number of nitrogens with zero attached hydrogens (tertiary/aromatic N) is 4. The summed E-state index contributed by atoms with van der Waals surface area (Å²) in [6, 6.07) is 2.01. The molecule has 0 saturated carbocycles. The third kappa shape index (κ3) is 0.925. The molecule has 0 unspecified atom stereocenters. The highest BCUT2D eigenvalue weighted by molar-refractivity contribution is 9.10. The minimum Gasteiger partial charge on any atom is -0.233 e. The van der Waals surface area contributed by atoms with Crippen molar-refractivity contribution in [2.24, 2.45) is 0 Å². The average Bonchev–Trinajstić information content (AvgIpc) is 2.70. The summed E-state index contributed by atoms with van der Waals surface area (Å²) >= 11 is 4.93. The van der Waals surface area contributed by atoms with E-state index in [2.05, 4.69) is 31.2 Å². The summed E-state index contributed by atoms with van der Waals surface area (Å²) in [6.45, 7) is 0. The van der Waals surface area contributed by atoms with E-state index in [1.54, 1.807) is 15.9 Å². The van der Waals surface area contributed by atoms with Gasteiger partial charge in [-0.05, 0) is 27.4 Å². The second-order valence-corrected chi connectivity index (χ2v) is 4.24. The van der Waals surface area contributed by atoms with Crippen molar-refractivity contribution in [3.8, 4) is 0 Å². The largest absolute Gasteiger partial charge is 0.233 e. The Labute approximate surface area is 85.3 Å². The zero-order chi connectivity index (χ0) is 8.84. The van der Waals surface area contributed by atoms with Crippen LogP contribution in [-0.4, -0.2) is 19.8 Å². The van der Waals surface area contributed by atoms with E-state index in [4.69, 9.17) is 0 Å². The minimum atomic E-state index is 0.681. The van der Waals surface area contributed by atoms with Gasteiger partial charge in [-0.15, -0.1) is 16.4 Å². The quantitative estimate of drug-likeness (QED) is 0.617. The van der Waals surface area contributed by atoms with Crippen molar-refractivity contribution in [1.29, 1.82) is 0 Å². The van der Waals surface area contributed by atoms with Gasteiger partial charge >= 0.3 is 0 Å². The molecular formula is C7H3BrN4S. The van der Waals surface area contributed by atoms with Crippen LogP contribution in [0.4, 0.5) is 0 Å². The van der Waals surface area contributed by atoms with Gasteiger partial charge in [0.1, 0.15) is 0 Å². The molecule has 0 aromatic carbocycles. The van der Waals surface area contributed by atoms with Crippen molar-refractivity contribution in [2.45, 2.75) is 0 Å². The van der Waals surface area contributed by atoms with Gasteiger partial charge in [-0.2, -0.15) is 4.52 Å². The zero-order valence-electron chi connectivity index (χ0n) is 6.31. The third-order valence-corrected chi connectivity index (χ3v) is 3.17. The van der Waals surface area contributed by atoms with E-state index in [0.717, 1.165) is 15.9 Å². The first-order chi connectivity index (χ1) is 6.36. The molecule has 4 nitrogen and oxygen atoms in total. The Hall–Kier alpha value is -1.01. The smallest absolute Gasteiger partial charge is 0.190 e. The van der Waals surface area contributed by atoms with Crippen LogP contribution in [0.3, 0.4) is 0 Å². The first-order valence-corrected chi connectivity index (χ1v) is 5.26. The fourth-order valence-corrected chi connectivity index (χ4v) is 2.31. The van der Waals surface area contributed by atoms with Crippen molar-refractivity contribution in [2.75, 3.05) is 0 Å². The molecule has 0 atom stereocenters. The normalized spacial score (nSPS) is 11.5. The van der Waals surface area contributed by atoms with Crippen LogP contribution in [0.2, 0.25) is 0 Å². The van der Waals surface area contributed by atoms with Crippen LogP contribution in [0.5, 0.6) is 0 Å². The topological polar surface area (TPSA) is 43.1 Å². The van der Waals surface area contributed by atoms with E-state index in [9.17, 15) is 0 Å². The lowest BCUT2D eigenvalue weighted by Crippen LogP contribution is -1.89. The highest BCUT2D eigenvalue weighted by atomic mass is 79.9. The fraction of sp³-hybridized carbons (Fsp3) is 0. The number of halogens is 1. The van der Waals surface area contributed by atoms with Gasteiger partial charge in [0.05, 0.1) is 10.2 Å². The van der Waals surface area contributed by atoms with Gasteiger partial charge in [-0.3, -0.25) is 0 Å². The summed E-state index contributed by atoms with van der Waals surface area (Å²) in [5.41, 5.74) is 1.80. The van der Waals surface area contributed by atoms with Crippen molar-refractivity contribution >= 4 is 43.1 Å². The molecular weight excluding hydrogens is 252 g/mol. The lowest BCUT2D eigenvalue weighted by atomic mass is 10.5. The molecule has 0 aliphatic carbocycles. The minimum absolute atomic E-state index is 0.681. The van der Waals surface area contributed by atoms with Gasteiger partial charge in [0, 0.05) is 6.20 Å². The van der Waals surface area contributed by atoms with Gasteiger partial charge in [0.15, 0.2) is 10.3 Å². The Kier molecular flexibility index (Phi) is 1.42. The van der Waals surface area contributed by atoms with E-state index >= 15 is 0 Å². The van der Waals surface area contributed by atoms with E-state index in [-0.39, 0.29) is 0 Å². The molecule has 0 saturated heterocycles. The van der Waals surface area contributed by atoms with Gasteiger partial charge in [-0.1, -0.05) is 5.21 Å². The number of thiophene rings is 1. The molecule has 3 heterocycles. The van der Waals surface area contributed by atoms with Crippen molar-refractivity contribution < 1.29 is 0 Å². The highest BCUT2D eigenvalue weighted by Gasteiger charge is 2.07. The Morgan fingerprint density at radius 3 is 3.31 bits per heavy atom. The number of hydrogen-bond acceptors (Lipinski definition) is 4. The Balaban J connectivity index is 2.66. The third-order valence-electron chi connectivity index (χ3n) is 1.81. The molecule has 0 radical (unpaired) electrons. The van der Waals surface area contributed by atoms with Gasteiger partial charge in [0.25, 0.3) is 0 Å².